The second-order valence-corrected chi connectivity index (χ2v) is 7.73. The van der Waals surface area contributed by atoms with Crippen molar-refractivity contribution in [3.05, 3.63) is 63.9 Å². The van der Waals surface area contributed by atoms with Crippen molar-refractivity contribution in [3.63, 3.8) is 0 Å². The summed E-state index contributed by atoms with van der Waals surface area (Å²) in [4.78, 5) is 2.03. The van der Waals surface area contributed by atoms with Crippen LogP contribution < -0.4 is 0 Å². The largest absolute Gasteiger partial charge is 0.254 e. The van der Waals surface area contributed by atoms with E-state index in [1.807, 2.05) is 36.4 Å². The van der Waals surface area contributed by atoms with Crippen molar-refractivity contribution in [2.45, 2.75) is 10.6 Å². The van der Waals surface area contributed by atoms with Crippen molar-refractivity contribution in [2.75, 3.05) is 0 Å². The molecule has 0 amide bonds. The van der Waals surface area contributed by atoms with Gasteiger partial charge >= 0.3 is 0 Å². The molecule has 0 bridgehead atoms. The molecule has 0 saturated carbocycles. The van der Waals surface area contributed by atoms with E-state index in [0.29, 0.717) is 5.75 Å². The fraction of sp³-hybridized carbons (Fsp3) is 0.0667. The van der Waals surface area contributed by atoms with Gasteiger partial charge in [0, 0.05) is 18.9 Å². The Bertz CT molecular complexity index is 715. The Morgan fingerprint density at radius 3 is 2.68 bits per heavy atom. The lowest BCUT2D eigenvalue weighted by Gasteiger charge is -2.00. The van der Waals surface area contributed by atoms with Crippen LogP contribution in [-0.2, 0) is 16.6 Å². The van der Waals surface area contributed by atoms with E-state index >= 15 is 0 Å². The predicted molar refractivity (Wildman–Crippen MR) is 86.1 cm³/mol. The van der Waals surface area contributed by atoms with Gasteiger partial charge < -0.3 is 0 Å². The van der Waals surface area contributed by atoms with E-state index in [9.17, 15) is 4.21 Å². The van der Waals surface area contributed by atoms with Crippen LogP contribution in [0.25, 0.3) is 10.1 Å². The van der Waals surface area contributed by atoms with Crippen molar-refractivity contribution in [1.82, 2.24) is 0 Å². The van der Waals surface area contributed by atoms with E-state index in [4.69, 9.17) is 0 Å². The zero-order valence-electron chi connectivity index (χ0n) is 10.0. The minimum absolute atomic E-state index is 0.579. The van der Waals surface area contributed by atoms with E-state index in [2.05, 4.69) is 34.1 Å². The van der Waals surface area contributed by atoms with Gasteiger partial charge in [0.1, 0.15) is 0 Å². The summed E-state index contributed by atoms with van der Waals surface area (Å²) in [6.45, 7) is 0. The lowest BCUT2D eigenvalue weighted by molar-refractivity contribution is 0.683. The first kappa shape index (κ1) is 13.0. The van der Waals surface area contributed by atoms with Crippen LogP contribution in [0.2, 0.25) is 0 Å². The first-order chi connectivity index (χ1) is 9.22. The van der Waals surface area contributed by atoms with Crippen molar-refractivity contribution < 1.29 is 4.21 Å². The van der Waals surface area contributed by atoms with Gasteiger partial charge in [-0.2, -0.15) is 0 Å². The first-order valence-electron chi connectivity index (χ1n) is 5.84. The zero-order valence-corrected chi connectivity index (χ0v) is 13.2. The molecule has 4 heteroatoms. The molecule has 96 valence electrons. The topological polar surface area (TPSA) is 17.1 Å². The number of hydrogen-bond donors (Lipinski definition) is 0. The fourth-order valence-electron chi connectivity index (χ4n) is 1.93. The molecule has 0 aliphatic heterocycles. The van der Waals surface area contributed by atoms with Crippen molar-refractivity contribution in [2.24, 2.45) is 0 Å². The van der Waals surface area contributed by atoms with Gasteiger partial charge in [0.05, 0.1) is 16.6 Å². The van der Waals surface area contributed by atoms with Crippen molar-refractivity contribution >= 4 is 48.2 Å². The molecular weight excluding hydrogens is 340 g/mol. The molecule has 0 spiro atoms. The Labute approximate surface area is 126 Å². The van der Waals surface area contributed by atoms with E-state index < -0.39 is 10.8 Å². The van der Waals surface area contributed by atoms with Crippen LogP contribution in [0.1, 0.15) is 4.88 Å². The second kappa shape index (κ2) is 5.57. The molecule has 0 radical (unpaired) electrons. The van der Waals surface area contributed by atoms with Crippen LogP contribution in [0.15, 0.2) is 64.0 Å². The highest BCUT2D eigenvalue weighted by Crippen LogP contribution is 2.27. The van der Waals surface area contributed by atoms with Gasteiger partial charge in [-0.15, -0.1) is 11.3 Å². The van der Waals surface area contributed by atoms with Crippen molar-refractivity contribution in [3.8, 4) is 0 Å². The number of benzene rings is 2. The number of rotatable bonds is 3. The Kier molecular flexibility index (Phi) is 3.82. The average molecular weight is 351 g/mol. The Morgan fingerprint density at radius 1 is 1.05 bits per heavy atom. The maximum absolute atomic E-state index is 12.3. The normalized spacial score (nSPS) is 12.7. The highest BCUT2D eigenvalue weighted by atomic mass is 79.9. The molecule has 0 saturated heterocycles. The van der Waals surface area contributed by atoms with Crippen LogP contribution in [0.3, 0.4) is 0 Å². The van der Waals surface area contributed by atoms with Gasteiger partial charge in [0.2, 0.25) is 0 Å². The van der Waals surface area contributed by atoms with Crippen LogP contribution in [0.5, 0.6) is 0 Å². The SMILES string of the molecule is O=S(Cc1cc2ccccc2s1)c1cccc(Br)c1. The lowest BCUT2D eigenvalue weighted by Crippen LogP contribution is -1.94. The standard InChI is InChI=1S/C15H11BrOS2/c16-12-5-3-6-14(9-12)19(17)10-13-8-11-4-1-2-7-15(11)18-13/h1-9H,10H2. The van der Waals surface area contributed by atoms with E-state index in [1.165, 1.54) is 15.0 Å². The van der Waals surface area contributed by atoms with Crippen molar-refractivity contribution in [1.29, 1.82) is 0 Å². The molecule has 1 heterocycles. The Morgan fingerprint density at radius 2 is 1.89 bits per heavy atom. The number of thiophene rings is 1. The third kappa shape index (κ3) is 2.96. The Balaban J connectivity index is 1.86. The molecule has 0 fully saturated rings. The van der Waals surface area contributed by atoms with Crippen LogP contribution in [-0.4, -0.2) is 4.21 Å². The van der Waals surface area contributed by atoms with Gasteiger partial charge in [-0.1, -0.05) is 40.2 Å². The summed E-state index contributed by atoms with van der Waals surface area (Å²) in [5.74, 6) is 0.579. The third-order valence-corrected chi connectivity index (χ3v) is 5.95. The lowest BCUT2D eigenvalue weighted by atomic mass is 10.2. The summed E-state index contributed by atoms with van der Waals surface area (Å²) in [5.41, 5.74) is 0. The smallest absolute Gasteiger partial charge is 0.0627 e. The minimum atomic E-state index is -0.991. The average Bonchev–Trinajstić information content (AvgIpc) is 2.80. The molecule has 0 N–H and O–H groups in total. The van der Waals surface area contributed by atoms with E-state index in [1.54, 1.807) is 11.3 Å². The van der Waals surface area contributed by atoms with Gasteiger partial charge in [-0.25, -0.2) is 0 Å². The van der Waals surface area contributed by atoms with Crippen LogP contribution in [0, 0.1) is 0 Å². The molecule has 1 nitrogen and oxygen atoms in total. The molecule has 0 aliphatic rings. The van der Waals surface area contributed by atoms with Crippen LogP contribution in [0.4, 0.5) is 0 Å². The zero-order chi connectivity index (χ0) is 13.2. The molecule has 0 aliphatic carbocycles. The van der Waals surface area contributed by atoms with Gasteiger partial charge in [-0.05, 0) is 35.7 Å². The first-order valence-corrected chi connectivity index (χ1v) is 8.76. The number of fused-ring (bicyclic) bond motifs is 1. The summed E-state index contributed by atoms with van der Waals surface area (Å²) in [7, 11) is -0.991. The number of halogens is 1. The molecule has 1 aromatic heterocycles. The Hall–Kier alpha value is -0.970. The monoisotopic (exact) mass is 350 g/mol. The highest BCUT2D eigenvalue weighted by molar-refractivity contribution is 9.10. The number of hydrogen-bond acceptors (Lipinski definition) is 2. The van der Waals surface area contributed by atoms with Gasteiger partial charge in [0.15, 0.2) is 0 Å². The van der Waals surface area contributed by atoms with Gasteiger partial charge in [0.25, 0.3) is 0 Å². The second-order valence-electron chi connectivity index (χ2n) is 4.20. The van der Waals surface area contributed by atoms with E-state index in [0.717, 1.165) is 9.37 Å². The molecule has 3 rings (SSSR count). The summed E-state index contributed by atoms with van der Waals surface area (Å²) < 4.78 is 14.6. The molecule has 1 unspecified atom stereocenters. The molecular formula is C15H11BrOS2. The molecule has 2 aromatic carbocycles. The van der Waals surface area contributed by atoms with Crippen LogP contribution >= 0.6 is 27.3 Å². The minimum Gasteiger partial charge on any atom is -0.254 e. The summed E-state index contributed by atoms with van der Waals surface area (Å²) >= 11 is 5.13. The molecule has 1 atom stereocenters. The fourth-order valence-corrected chi connectivity index (χ4v) is 4.89. The summed E-state index contributed by atoms with van der Waals surface area (Å²) in [6, 6.07) is 18.1. The van der Waals surface area contributed by atoms with E-state index in [-0.39, 0.29) is 0 Å². The molecule has 19 heavy (non-hydrogen) atoms. The van der Waals surface area contributed by atoms with Gasteiger partial charge in [-0.3, -0.25) is 4.21 Å². The summed E-state index contributed by atoms with van der Waals surface area (Å²) in [5, 5.41) is 1.23. The third-order valence-electron chi connectivity index (χ3n) is 2.81. The molecule has 3 aromatic rings. The predicted octanol–water partition coefficient (Wildman–Crippen LogP) is 4.97. The quantitative estimate of drug-likeness (QED) is 0.651. The maximum Gasteiger partial charge on any atom is 0.0627 e. The highest BCUT2D eigenvalue weighted by Gasteiger charge is 2.08. The maximum atomic E-state index is 12.3. The summed E-state index contributed by atoms with van der Waals surface area (Å²) in [6.07, 6.45) is 0.